The Hall–Kier alpha value is -2.63. The highest BCUT2D eigenvalue weighted by Crippen LogP contribution is 2.46. The molecule has 7 atom stereocenters. The number of ether oxygens (including phenoxy) is 4. The Labute approximate surface area is 183 Å². The van der Waals surface area contributed by atoms with Crippen LogP contribution in [0.5, 0.6) is 23.0 Å². The first kappa shape index (κ1) is 22.6. The summed E-state index contributed by atoms with van der Waals surface area (Å²) in [6, 6.07) is 4.07. The lowest BCUT2D eigenvalue weighted by Gasteiger charge is -2.41. The molecular formula is C22H26O10. The molecule has 2 aromatic rings. The van der Waals surface area contributed by atoms with E-state index in [1.165, 1.54) is 25.3 Å². The Bertz CT molecular complexity index is 1040. The highest BCUT2D eigenvalue weighted by molar-refractivity contribution is 6.10. The van der Waals surface area contributed by atoms with E-state index in [0.29, 0.717) is 5.39 Å². The summed E-state index contributed by atoms with van der Waals surface area (Å²) in [4.78, 5) is 12.8. The predicted octanol–water partition coefficient (Wildman–Crippen LogP) is 0.683. The summed E-state index contributed by atoms with van der Waals surface area (Å²) in [7, 11) is 1.30. The van der Waals surface area contributed by atoms with Crippen LogP contribution in [0.15, 0.2) is 18.2 Å². The molecule has 0 radical (unpaired) electrons. The third-order valence-corrected chi connectivity index (χ3v) is 6.14. The molecule has 0 bridgehead atoms. The Kier molecular flexibility index (Phi) is 5.91. The molecule has 2 heterocycles. The van der Waals surface area contributed by atoms with E-state index in [-0.39, 0.29) is 34.0 Å². The summed E-state index contributed by atoms with van der Waals surface area (Å²) in [5, 5.41) is 52.0. The molecule has 2 aliphatic heterocycles. The molecule has 0 spiro atoms. The molecule has 1 fully saturated rings. The molecule has 4 rings (SSSR count). The summed E-state index contributed by atoms with van der Waals surface area (Å²) in [6.45, 7) is 2.94. The second-order valence-corrected chi connectivity index (χ2v) is 8.14. The van der Waals surface area contributed by atoms with Gasteiger partial charge in [-0.05, 0) is 24.4 Å². The number of fused-ring (bicyclic) bond motifs is 2. The van der Waals surface area contributed by atoms with Gasteiger partial charge in [0.05, 0.1) is 17.9 Å². The number of phenolic OH excluding ortho intramolecular Hbond substituents is 2. The van der Waals surface area contributed by atoms with Gasteiger partial charge in [-0.1, -0.05) is 6.92 Å². The zero-order valence-corrected chi connectivity index (χ0v) is 17.8. The van der Waals surface area contributed by atoms with Crippen LogP contribution in [0.25, 0.3) is 10.8 Å². The van der Waals surface area contributed by atoms with E-state index >= 15 is 0 Å². The lowest BCUT2D eigenvalue weighted by Crippen LogP contribution is -2.60. The van der Waals surface area contributed by atoms with Crippen molar-refractivity contribution in [1.82, 2.24) is 0 Å². The van der Waals surface area contributed by atoms with Gasteiger partial charge in [0.1, 0.15) is 59.1 Å². The lowest BCUT2D eigenvalue weighted by atomic mass is 9.89. The molecule has 0 unspecified atom stereocenters. The Morgan fingerprint density at radius 1 is 1.09 bits per heavy atom. The van der Waals surface area contributed by atoms with Crippen molar-refractivity contribution in [2.75, 3.05) is 13.7 Å². The SMILES string of the molecule is CO[C@H]1[C@H](O)[C@@H](O)[C@H](Oc2cc(O)cc3cc4c(c(O)c23)C(=O)[C@H](C)[C@H](C)O4)O[C@@H]1CO. The maximum absolute atomic E-state index is 12.8. The van der Waals surface area contributed by atoms with Crippen LogP contribution < -0.4 is 9.47 Å². The first-order valence-corrected chi connectivity index (χ1v) is 10.2. The second-order valence-electron chi connectivity index (χ2n) is 8.14. The Morgan fingerprint density at radius 3 is 2.47 bits per heavy atom. The van der Waals surface area contributed by atoms with E-state index in [4.69, 9.17) is 18.9 Å². The van der Waals surface area contributed by atoms with Crippen molar-refractivity contribution in [3.05, 3.63) is 23.8 Å². The summed E-state index contributed by atoms with van der Waals surface area (Å²) >= 11 is 0. The lowest BCUT2D eigenvalue weighted by molar-refractivity contribution is -0.281. The van der Waals surface area contributed by atoms with Crippen LogP contribution >= 0.6 is 0 Å². The number of aliphatic hydroxyl groups is 3. The fourth-order valence-corrected chi connectivity index (χ4v) is 4.18. The number of hydrogen-bond acceptors (Lipinski definition) is 10. The van der Waals surface area contributed by atoms with Crippen LogP contribution in [0.2, 0.25) is 0 Å². The molecular weight excluding hydrogens is 424 g/mol. The fraction of sp³-hybridized carbons (Fsp3) is 0.500. The van der Waals surface area contributed by atoms with Gasteiger partial charge in [-0.3, -0.25) is 4.79 Å². The third kappa shape index (κ3) is 3.54. The molecule has 174 valence electrons. The number of aromatic hydroxyl groups is 2. The summed E-state index contributed by atoms with van der Waals surface area (Å²) in [6.07, 6.45) is -6.83. The number of benzene rings is 2. The van der Waals surface area contributed by atoms with Crippen molar-refractivity contribution >= 4 is 16.6 Å². The van der Waals surface area contributed by atoms with Gasteiger partial charge >= 0.3 is 0 Å². The van der Waals surface area contributed by atoms with Crippen LogP contribution in [-0.4, -0.2) is 81.8 Å². The molecule has 0 amide bonds. The van der Waals surface area contributed by atoms with E-state index in [2.05, 4.69) is 0 Å². The minimum atomic E-state index is -1.56. The van der Waals surface area contributed by atoms with Crippen molar-refractivity contribution in [3.63, 3.8) is 0 Å². The largest absolute Gasteiger partial charge is 0.508 e. The molecule has 2 aliphatic rings. The molecule has 5 N–H and O–H groups in total. The number of rotatable bonds is 4. The van der Waals surface area contributed by atoms with E-state index in [1.54, 1.807) is 13.8 Å². The molecule has 0 aliphatic carbocycles. The molecule has 10 heteroatoms. The molecule has 0 aromatic heterocycles. The molecule has 2 aromatic carbocycles. The highest BCUT2D eigenvalue weighted by Gasteiger charge is 2.46. The van der Waals surface area contributed by atoms with Gasteiger partial charge in [-0.15, -0.1) is 0 Å². The maximum atomic E-state index is 12.8. The van der Waals surface area contributed by atoms with Crippen molar-refractivity contribution in [2.24, 2.45) is 5.92 Å². The van der Waals surface area contributed by atoms with Crippen LogP contribution in [0.4, 0.5) is 0 Å². The number of carbonyl (C=O) groups excluding carboxylic acids is 1. The van der Waals surface area contributed by atoms with Crippen molar-refractivity contribution in [1.29, 1.82) is 0 Å². The number of Topliss-reactive ketones (excluding diaryl/α,β-unsaturated/α-hetero) is 1. The average Bonchev–Trinajstić information content (AvgIpc) is 2.74. The molecule has 1 saturated heterocycles. The fourth-order valence-electron chi connectivity index (χ4n) is 4.18. The van der Waals surface area contributed by atoms with E-state index < -0.39 is 55.1 Å². The van der Waals surface area contributed by atoms with Gasteiger partial charge < -0.3 is 44.5 Å². The maximum Gasteiger partial charge on any atom is 0.229 e. The summed E-state index contributed by atoms with van der Waals surface area (Å²) in [5.74, 6) is -1.30. The van der Waals surface area contributed by atoms with Crippen LogP contribution in [0.3, 0.4) is 0 Å². The Balaban J connectivity index is 1.79. The summed E-state index contributed by atoms with van der Waals surface area (Å²) < 4.78 is 22.2. The van der Waals surface area contributed by atoms with Gasteiger partial charge in [0.15, 0.2) is 5.78 Å². The first-order valence-electron chi connectivity index (χ1n) is 10.2. The number of ketones is 1. The number of carbonyl (C=O) groups is 1. The Morgan fingerprint density at radius 2 is 1.81 bits per heavy atom. The van der Waals surface area contributed by atoms with Crippen LogP contribution in [-0.2, 0) is 9.47 Å². The first-order chi connectivity index (χ1) is 15.2. The molecule has 32 heavy (non-hydrogen) atoms. The van der Waals surface area contributed by atoms with Crippen molar-refractivity contribution < 1.29 is 49.3 Å². The van der Waals surface area contributed by atoms with E-state index in [9.17, 15) is 30.3 Å². The quantitative estimate of drug-likeness (QED) is 0.449. The van der Waals surface area contributed by atoms with Gasteiger partial charge in [0, 0.05) is 13.2 Å². The van der Waals surface area contributed by atoms with Crippen LogP contribution in [0.1, 0.15) is 24.2 Å². The zero-order valence-electron chi connectivity index (χ0n) is 17.8. The predicted molar refractivity (Wildman–Crippen MR) is 110 cm³/mol. The van der Waals surface area contributed by atoms with Gasteiger partial charge in [0.2, 0.25) is 6.29 Å². The van der Waals surface area contributed by atoms with Crippen molar-refractivity contribution in [3.8, 4) is 23.0 Å². The van der Waals surface area contributed by atoms with Gasteiger partial charge in [0.25, 0.3) is 0 Å². The number of phenols is 2. The van der Waals surface area contributed by atoms with Crippen molar-refractivity contribution in [2.45, 2.75) is 50.7 Å². The standard InChI is InChI=1S/C22H26O10/c1-8-9(2)30-12-5-10-4-11(24)6-13(15(10)18(26)16(12)17(8)25)31-22-20(28)19(27)21(29-3)14(7-23)32-22/h4-6,8-9,14,19-24,26-28H,7H2,1-3H3/t8-,9+,14-,19-,20-,21-,22-/m1/s1. The van der Waals surface area contributed by atoms with Gasteiger partial charge in [-0.2, -0.15) is 0 Å². The second kappa shape index (κ2) is 8.38. The number of methoxy groups -OCH3 is 1. The topological polar surface area (TPSA) is 155 Å². The highest BCUT2D eigenvalue weighted by atomic mass is 16.7. The minimum Gasteiger partial charge on any atom is -0.508 e. The number of hydrogen-bond donors (Lipinski definition) is 5. The zero-order chi connectivity index (χ0) is 23.3. The van der Waals surface area contributed by atoms with Gasteiger partial charge in [-0.25, -0.2) is 0 Å². The smallest absolute Gasteiger partial charge is 0.229 e. The number of aliphatic hydroxyl groups excluding tert-OH is 3. The normalized spacial score (nSPS) is 32.4. The van der Waals surface area contributed by atoms with E-state index in [0.717, 1.165) is 0 Å². The van der Waals surface area contributed by atoms with E-state index in [1.807, 2.05) is 0 Å². The monoisotopic (exact) mass is 450 g/mol. The molecule has 10 nitrogen and oxygen atoms in total. The molecule has 0 saturated carbocycles. The average molecular weight is 450 g/mol. The minimum absolute atomic E-state index is 0.00327. The van der Waals surface area contributed by atoms with Crippen LogP contribution in [0, 0.1) is 5.92 Å². The third-order valence-electron chi connectivity index (χ3n) is 6.14. The summed E-state index contributed by atoms with van der Waals surface area (Å²) in [5.41, 5.74) is -0.00327.